The van der Waals surface area contributed by atoms with Crippen molar-refractivity contribution in [2.45, 2.75) is 13.8 Å². The summed E-state index contributed by atoms with van der Waals surface area (Å²) >= 11 is 0. The molecule has 1 N–H and O–H groups in total. The van der Waals surface area contributed by atoms with Gasteiger partial charge in [0.1, 0.15) is 12.4 Å². The monoisotopic (exact) mass is 244 g/mol. The van der Waals surface area contributed by atoms with E-state index in [1.54, 1.807) is 6.92 Å². The molecule has 0 fully saturated rings. The van der Waals surface area contributed by atoms with Crippen LogP contribution < -0.4 is 5.32 Å². The number of nitrogens with one attached hydrogen (secondary N) is 1. The first-order valence-electron chi connectivity index (χ1n) is 5.96. The maximum atomic E-state index is 11.3. The van der Waals surface area contributed by atoms with Gasteiger partial charge in [0, 0.05) is 5.39 Å². The van der Waals surface area contributed by atoms with Crippen LogP contribution in [-0.2, 0) is 9.53 Å². The number of ether oxygens (including phenoxy) is 1. The average Bonchev–Trinajstić information content (AvgIpc) is 2.36. The molecule has 0 atom stereocenters. The van der Waals surface area contributed by atoms with E-state index in [1.165, 1.54) is 0 Å². The predicted molar refractivity (Wildman–Crippen MR) is 71.6 cm³/mol. The number of hydrogen-bond acceptors (Lipinski definition) is 4. The van der Waals surface area contributed by atoms with Crippen molar-refractivity contribution < 1.29 is 9.53 Å². The number of anilines is 1. The number of pyridine rings is 1. The molecule has 2 rings (SSSR count). The van der Waals surface area contributed by atoms with Gasteiger partial charge >= 0.3 is 5.97 Å². The third-order valence-corrected chi connectivity index (χ3v) is 2.62. The van der Waals surface area contributed by atoms with Gasteiger partial charge in [0.05, 0.1) is 12.1 Å². The highest BCUT2D eigenvalue weighted by Gasteiger charge is 2.06. The fourth-order valence-corrected chi connectivity index (χ4v) is 1.77. The van der Waals surface area contributed by atoms with Crippen LogP contribution in [0.5, 0.6) is 0 Å². The summed E-state index contributed by atoms with van der Waals surface area (Å²) in [6.07, 6.45) is 0. The Morgan fingerprint density at radius 1 is 1.39 bits per heavy atom. The zero-order chi connectivity index (χ0) is 13.0. The summed E-state index contributed by atoms with van der Waals surface area (Å²) in [5.74, 6) is 0.452. The van der Waals surface area contributed by atoms with Gasteiger partial charge < -0.3 is 10.1 Å². The van der Waals surface area contributed by atoms with Crippen LogP contribution in [0.2, 0.25) is 0 Å². The van der Waals surface area contributed by atoms with Gasteiger partial charge in [-0.1, -0.05) is 18.2 Å². The SMILES string of the molecule is CCOC(=O)CNc1nc2ccccc2cc1C. The molecule has 1 aromatic carbocycles. The summed E-state index contributed by atoms with van der Waals surface area (Å²) in [4.78, 5) is 15.8. The minimum Gasteiger partial charge on any atom is -0.465 e. The molecule has 0 bridgehead atoms. The molecule has 0 saturated heterocycles. The maximum absolute atomic E-state index is 11.3. The first-order valence-corrected chi connectivity index (χ1v) is 5.96. The van der Waals surface area contributed by atoms with Gasteiger partial charge in [-0.15, -0.1) is 0 Å². The van der Waals surface area contributed by atoms with Gasteiger partial charge in [0.25, 0.3) is 0 Å². The number of aromatic nitrogens is 1. The quantitative estimate of drug-likeness (QED) is 0.840. The largest absolute Gasteiger partial charge is 0.465 e. The van der Waals surface area contributed by atoms with Crippen LogP contribution in [0.3, 0.4) is 0 Å². The van der Waals surface area contributed by atoms with Crippen molar-refractivity contribution in [2.75, 3.05) is 18.5 Å². The molecule has 1 heterocycles. The highest BCUT2D eigenvalue weighted by Crippen LogP contribution is 2.19. The van der Waals surface area contributed by atoms with Crippen LogP contribution in [0.4, 0.5) is 5.82 Å². The van der Waals surface area contributed by atoms with Crippen molar-refractivity contribution in [1.29, 1.82) is 0 Å². The summed E-state index contributed by atoms with van der Waals surface area (Å²) in [6.45, 7) is 4.29. The standard InChI is InChI=1S/C14H16N2O2/c1-3-18-13(17)9-15-14-10(2)8-11-6-4-5-7-12(11)16-14/h4-8H,3,9H2,1-2H3,(H,15,16). The predicted octanol–water partition coefficient (Wildman–Crippen LogP) is 2.52. The first kappa shape index (κ1) is 12.4. The highest BCUT2D eigenvalue weighted by atomic mass is 16.5. The third-order valence-electron chi connectivity index (χ3n) is 2.62. The second-order valence-corrected chi connectivity index (χ2v) is 4.01. The fourth-order valence-electron chi connectivity index (χ4n) is 1.77. The average molecular weight is 244 g/mol. The fraction of sp³-hybridized carbons (Fsp3) is 0.286. The Kier molecular flexibility index (Phi) is 3.77. The van der Waals surface area contributed by atoms with E-state index in [2.05, 4.69) is 16.4 Å². The van der Waals surface area contributed by atoms with Crippen LogP contribution in [0.25, 0.3) is 10.9 Å². The molecule has 4 nitrogen and oxygen atoms in total. The number of carbonyl (C=O) groups is 1. The molecule has 0 saturated carbocycles. The van der Waals surface area contributed by atoms with E-state index >= 15 is 0 Å². The Hall–Kier alpha value is -2.10. The molecular weight excluding hydrogens is 228 g/mol. The Bertz CT molecular complexity index is 567. The zero-order valence-corrected chi connectivity index (χ0v) is 10.6. The Morgan fingerprint density at radius 3 is 2.94 bits per heavy atom. The van der Waals surface area contributed by atoms with Gasteiger partial charge in [-0.25, -0.2) is 4.98 Å². The Labute approximate surface area is 106 Å². The van der Waals surface area contributed by atoms with E-state index < -0.39 is 0 Å². The lowest BCUT2D eigenvalue weighted by Gasteiger charge is -2.09. The third kappa shape index (κ3) is 2.77. The van der Waals surface area contributed by atoms with Gasteiger partial charge in [0.15, 0.2) is 0 Å². The van der Waals surface area contributed by atoms with E-state index in [0.29, 0.717) is 6.61 Å². The molecule has 0 aliphatic carbocycles. The van der Waals surface area contributed by atoms with Gasteiger partial charge in [0.2, 0.25) is 0 Å². The molecule has 0 aliphatic heterocycles. The second kappa shape index (κ2) is 5.49. The number of para-hydroxylation sites is 1. The highest BCUT2D eigenvalue weighted by molar-refractivity contribution is 5.82. The molecule has 94 valence electrons. The number of rotatable bonds is 4. The smallest absolute Gasteiger partial charge is 0.325 e. The van der Waals surface area contributed by atoms with Crippen molar-refractivity contribution in [3.63, 3.8) is 0 Å². The van der Waals surface area contributed by atoms with Crippen molar-refractivity contribution in [3.05, 3.63) is 35.9 Å². The second-order valence-electron chi connectivity index (χ2n) is 4.01. The van der Waals surface area contributed by atoms with Gasteiger partial charge in [-0.2, -0.15) is 0 Å². The number of hydrogen-bond donors (Lipinski definition) is 1. The first-order chi connectivity index (χ1) is 8.70. The van der Waals surface area contributed by atoms with Crippen molar-refractivity contribution in [3.8, 4) is 0 Å². The van der Waals surface area contributed by atoms with Crippen molar-refractivity contribution in [2.24, 2.45) is 0 Å². The molecule has 0 unspecified atom stereocenters. The number of esters is 1. The van der Waals surface area contributed by atoms with Crippen LogP contribution in [-0.4, -0.2) is 24.1 Å². The topological polar surface area (TPSA) is 51.2 Å². The molecule has 0 amide bonds. The lowest BCUT2D eigenvalue weighted by atomic mass is 10.1. The molecule has 18 heavy (non-hydrogen) atoms. The number of nitrogens with zero attached hydrogens (tertiary/aromatic N) is 1. The Balaban J connectivity index is 2.17. The van der Waals surface area contributed by atoms with E-state index in [9.17, 15) is 4.79 Å². The number of carbonyl (C=O) groups excluding carboxylic acids is 1. The van der Waals surface area contributed by atoms with Crippen LogP contribution in [0.1, 0.15) is 12.5 Å². The van der Waals surface area contributed by atoms with Gasteiger partial charge in [-0.3, -0.25) is 4.79 Å². The minimum atomic E-state index is -0.271. The summed E-state index contributed by atoms with van der Waals surface area (Å²) in [6, 6.07) is 9.94. The van der Waals surface area contributed by atoms with Crippen LogP contribution in [0.15, 0.2) is 30.3 Å². The van der Waals surface area contributed by atoms with E-state index in [-0.39, 0.29) is 12.5 Å². The van der Waals surface area contributed by atoms with Crippen molar-refractivity contribution in [1.82, 2.24) is 4.98 Å². The Morgan fingerprint density at radius 2 is 2.17 bits per heavy atom. The van der Waals surface area contributed by atoms with Gasteiger partial charge in [-0.05, 0) is 31.5 Å². The molecule has 2 aromatic rings. The van der Waals surface area contributed by atoms with E-state index in [1.807, 2.05) is 31.2 Å². The molecule has 0 aliphatic rings. The maximum Gasteiger partial charge on any atom is 0.325 e. The summed E-state index contributed by atoms with van der Waals surface area (Å²) in [7, 11) is 0. The molecule has 1 aromatic heterocycles. The normalized spacial score (nSPS) is 10.3. The molecule has 0 spiro atoms. The summed E-state index contributed by atoms with van der Waals surface area (Å²) in [5, 5.41) is 4.10. The van der Waals surface area contributed by atoms with Crippen molar-refractivity contribution >= 4 is 22.7 Å². The molecule has 0 radical (unpaired) electrons. The van der Waals surface area contributed by atoms with E-state index in [0.717, 1.165) is 22.3 Å². The minimum absolute atomic E-state index is 0.139. The molecule has 4 heteroatoms. The number of benzene rings is 1. The number of aryl methyl sites for hydroxylation is 1. The summed E-state index contributed by atoms with van der Waals surface area (Å²) in [5.41, 5.74) is 1.92. The summed E-state index contributed by atoms with van der Waals surface area (Å²) < 4.78 is 4.86. The zero-order valence-electron chi connectivity index (χ0n) is 10.6. The number of fused-ring (bicyclic) bond motifs is 1. The lowest BCUT2D eigenvalue weighted by molar-refractivity contribution is -0.140. The lowest BCUT2D eigenvalue weighted by Crippen LogP contribution is -2.17. The molecular formula is C14H16N2O2. The van der Waals surface area contributed by atoms with E-state index in [4.69, 9.17) is 4.74 Å². The van der Waals surface area contributed by atoms with Crippen LogP contribution in [0, 0.1) is 6.92 Å². The van der Waals surface area contributed by atoms with Crippen LogP contribution >= 0.6 is 0 Å².